The van der Waals surface area contributed by atoms with Crippen molar-refractivity contribution in [2.24, 2.45) is 5.41 Å². The molecule has 150 valence electrons. The highest BCUT2D eigenvalue weighted by molar-refractivity contribution is 5.77. The molecule has 1 spiro atoms. The van der Waals surface area contributed by atoms with E-state index in [1.807, 2.05) is 19.0 Å². The minimum Gasteiger partial charge on any atom is -0.363 e. The van der Waals surface area contributed by atoms with Crippen molar-refractivity contribution in [1.82, 2.24) is 19.8 Å². The molecule has 0 atom stereocenters. The van der Waals surface area contributed by atoms with Crippen molar-refractivity contribution in [2.75, 3.05) is 70.7 Å². The number of carbonyl (C=O) groups excluding carboxylic acids is 1. The van der Waals surface area contributed by atoms with Crippen LogP contribution in [0.2, 0.25) is 0 Å². The summed E-state index contributed by atoms with van der Waals surface area (Å²) in [6.45, 7) is 4.86. The Kier molecular flexibility index (Phi) is 6.19. The van der Waals surface area contributed by atoms with Crippen molar-refractivity contribution in [3.63, 3.8) is 0 Å². The number of carbonyl (C=O) groups is 1. The van der Waals surface area contributed by atoms with Crippen LogP contribution in [0.5, 0.6) is 0 Å². The minimum atomic E-state index is 0.292. The Bertz CT molecular complexity index is 639. The van der Waals surface area contributed by atoms with E-state index >= 15 is 0 Å². The summed E-state index contributed by atoms with van der Waals surface area (Å²) in [5.41, 5.74) is 0.292. The molecule has 7 heteroatoms. The second-order valence-electron chi connectivity index (χ2n) is 8.59. The second-order valence-corrected chi connectivity index (χ2v) is 8.59. The van der Waals surface area contributed by atoms with Crippen LogP contribution in [0.1, 0.15) is 32.1 Å². The van der Waals surface area contributed by atoms with Crippen LogP contribution >= 0.6 is 0 Å². The Hall–Kier alpha value is -1.89. The molecule has 2 aliphatic rings. The third kappa shape index (κ3) is 4.89. The molecule has 27 heavy (non-hydrogen) atoms. The second kappa shape index (κ2) is 8.42. The molecule has 0 aliphatic carbocycles. The van der Waals surface area contributed by atoms with Crippen LogP contribution in [-0.4, -0.2) is 86.6 Å². The van der Waals surface area contributed by atoms with Gasteiger partial charge in [-0.05, 0) is 51.7 Å². The molecular weight excluding hydrogens is 340 g/mol. The number of aromatic nitrogens is 2. The first-order chi connectivity index (χ1) is 12.9. The molecule has 0 aromatic carbocycles. The zero-order valence-corrected chi connectivity index (χ0v) is 17.3. The molecule has 7 nitrogen and oxygen atoms in total. The van der Waals surface area contributed by atoms with Gasteiger partial charge in [-0.1, -0.05) is 0 Å². The third-order valence-electron chi connectivity index (χ3n) is 6.03. The monoisotopic (exact) mass is 374 g/mol. The molecule has 2 fully saturated rings. The molecule has 1 aromatic rings. The first kappa shape index (κ1) is 19.9. The number of anilines is 2. The summed E-state index contributed by atoms with van der Waals surface area (Å²) in [7, 11) is 8.18. The molecule has 0 bridgehead atoms. The number of piperidine rings is 2. The Morgan fingerprint density at radius 1 is 1.11 bits per heavy atom. The van der Waals surface area contributed by atoms with Gasteiger partial charge < -0.3 is 19.6 Å². The largest absolute Gasteiger partial charge is 0.363 e. The number of nitrogens with zero attached hydrogens (tertiary/aromatic N) is 6. The number of rotatable bonds is 6. The first-order valence-corrected chi connectivity index (χ1v) is 10.1. The van der Waals surface area contributed by atoms with Crippen molar-refractivity contribution < 1.29 is 4.79 Å². The summed E-state index contributed by atoms with van der Waals surface area (Å²) >= 11 is 0. The normalized spacial score (nSPS) is 19.8. The van der Waals surface area contributed by atoms with Crippen molar-refractivity contribution in [3.05, 3.63) is 12.4 Å². The Balaban J connectivity index is 1.58. The molecule has 1 amide bonds. The number of hydrogen-bond donors (Lipinski definition) is 0. The van der Waals surface area contributed by atoms with E-state index < -0.39 is 0 Å². The molecule has 1 aromatic heterocycles. The van der Waals surface area contributed by atoms with Crippen LogP contribution in [0, 0.1) is 5.41 Å². The molecule has 3 heterocycles. The highest BCUT2D eigenvalue weighted by atomic mass is 16.2. The van der Waals surface area contributed by atoms with E-state index in [0.29, 0.717) is 17.7 Å². The van der Waals surface area contributed by atoms with E-state index in [1.165, 1.54) is 0 Å². The van der Waals surface area contributed by atoms with Crippen LogP contribution in [0.4, 0.5) is 11.6 Å². The molecular formula is C20H34N6O. The topological polar surface area (TPSA) is 55.8 Å². The van der Waals surface area contributed by atoms with Crippen LogP contribution in [0.15, 0.2) is 12.4 Å². The fourth-order valence-electron chi connectivity index (χ4n) is 4.26. The molecule has 0 saturated carbocycles. The van der Waals surface area contributed by atoms with Crippen molar-refractivity contribution in [2.45, 2.75) is 32.1 Å². The minimum absolute atomic E-state index is 0.292. The lowest BCUT2D eigenvalue weighted by molar-refractivity contribution is -0.138. The summed E-state index contributed by atoms with van der Waals surface area (Å²) in [6.07, 6.45) is 6.71. The third-order valence-corrected chi connectivity index (χ3v) is 6.03. The fraction of sp³-hybridized carbons (Fsp3) is 0.750. The van der Waals surface area contributed by atoms with Gasteiger partial charge in [0.05, 0.1) is 0 Å². The number of hydrogen-bond acceptors (Lipinski definition) is 6. The summed E-state index contributed by atoms with van der Waals surface area (Å²) in [6, 6.07) is 2.07. The zero-order chi connectivity index (χ0) is 19.4. The predicted octanol–water partition coefficient (Wildman–Crippen LogP) is 1.70. The lowest BCUT2D eigenvalue weighted by atomic mass is 9.72. The van der Waals surface area contributed by atoms with Gasteiger partial charge in [0.2, 0.25) is 5.91 Å². The first-order valence-electron chi connectivity index (χ1n) is 10.1. The van der Waals surface area contributed by atoms with Gasteiger partial charge in [0.25, 0.3) is 0 Å². The summed E-state index contributed by atoms with van der Waals surface area (Å²) < 4.78 is 0. The van der Waals surface area contributed by atoms with Gasteiger partial charge in [-0.3, -0.25) is 4.79 Å². The Morgan fingerprint density at radius 2 is 1.85 bits per heavy atom. The van der Waals surface area contributed by atoms with Crippen LogP contribution < -0.4 is 9.80 Å². The highest BCUT2D eigenvalue weighted by Gasteiger charge is 2.41. The average Bonchev–Trinajstić information content (AvgIpc) is 2.65. The SMILES string of the molecule is CN(C)CCCN1CC2(CCC1=O)CCN(c1cc(N(C)C)ncn1)CC2. The van der Waals surface area contributed by atoms with Gasteiger partial charge in [-0.2, -0.15) is 0 Å². The van der Waals surface area contributed by atoms with Crippen molar-refractivity contribution in [1.29, 1.82) is 0 Å². The van der Waals surface area contributed by atoms with E-state index in [0.717, 1.165) is 70.0 Å². The number of amides is 1. The lowest BCUT2D eigenvalue weighted by Gasteiger charge is -2.47. The predicted molar refractivity (Wildman–Crippen MR) is 109 cm³/mol. The smallest absolute Gasteiger partial charge is 0.222 e. The van der Waals surface area contributed by atoms with Gasteiger partial charge in [-0.25, -0.2) is 9.97 Å². The molecule has 3 rings (SSSR count). The fourth-order valence-corrected chi connectivity index (χ4v) is 4.26. The maximum Gasteiger partial charge on any atom is 0.222 e. The average molecular weight is 375 g/mol. The van der Waals surface area contributed by atoms with E-state index in [2.05, 4.69) is 44.8 Å². The van der Waals surface area contributed by atoms with Crippen molar-refractivity contribution in [3.8, 4) is 0 Å². The maximum absolute atomic E-state index is 12.4. The maximum atomic E-state index is 12.4. The summed E-state index contributed by atoms with van der Waals surface area (Å²) in [5, 5.41) is 0. The Labute approximate surface area is 163 Å². The van der Waals surface area contributed by atoms with Gasteiger partial charge in [-0.15, -0.1) is 0 Å². The van der Waals surface area contributed by atoms with E-state index in [1.54, 1.807) is 6.33 Å². The lowest BCUT2D eigenvalue weighted by Crippen LogP contribution is -2.52. The van der Waals surface area contributed by atoms with Crippen molar-refractivity contribution >= 4 is 17.5 Å². The molecule has 0 N–H and O–H groups in total. The van der Waals surface area contributed by atoms with E-state index in [4.69, 9.17) is 0 Å². The molecule has 0 unspecified atom stereocenters. The molecule has 2 aliphatic heterocycles. The van der Waals surface area contributed by atoms with Gasteiger partial charge in [0.1, 0.15) is 18.0 Å². The zero-order valence-electron chi connectivity index (χ0n) is 17.3. The highest BCUT2D eigenvalue weighted by Crippen LogP contribution is 2.41. The van der Waals surface area contributed by atoms with Gasteiger partial charge in [0, 0.05) is 52.8 Å². The molecule has 0 radical (unpaired) electrons. The standard InChI is InChI=1S/C20H34N6O/c1-23(2)10-5-11-26-15-20(7-6-19(26)27)8-12-25(13-9-20)18-14-17(24(3)4)21-16-22-18/h14,16H,5-13,15H2,1-4H3. The van der Waals surface area contributed by atoms with Crippen LogP contribution in [0.25, 0.3) is 0 Å². The van der Waals surface area contributed by atoms with E-state index in [-0.39, 0.29) is 0 Å². The summed E-state index contributed by atoms with van der Waals surface area (Å²) in [4.78, 5) is 29.8. The Morgan fingerprint density at radius 3 is 2.52 bits per heavy atom. The summed E-state index contributed by atoms with van der Waals surface area (Å²) in [5.74, 6) is 2.29. The van der Waals surface area contributed by atoms with Gasteiger partial charge in [0.15, 0.2) is 0 Å². The van der Waals surface area contributed by atoms with E-state index in [9.17, 15) is 4.79 Å². The van der Waals surface area contributed by atoms with Crippen LogP contribution in [-0.2, 0) is 4.79 Å². The number of likely N-dealkylation sites (tertiary alicyclic amines) is 1. The molecule has 2 saturated heterocycles. The quantitative estimate of drug-likeness (QED) is 0.756. The van der Waals surface area contributed by atoms with Crippen LogP contribution in [0.3, 0.4) is 0 Å². The van der Waals surface area contributed by atoms with Gasteiger partial charge >= 0.3 is 0 Å².